The topological polar surface area (TPSA) is 36.9 Å². The molecule has 4 rings (SSSR count). The summed E-state index contributed by atoms with van der Waals surface area (Å²) in [5.74, 6) is 0.915. The van der Waals surface area contributed by atoms with Gasteiger partial charge in [0.15, 0.2) is 0 Å². The summed E-state index contributed by atoms with van der Waals surface area (Å²) >= 11 is 5.76. The maximum absolute atomic E-state index is 6.05. The van der Waals surface area contributed by atoms with Crippen molar-refractivity contribution < 1.29 is 4.74 Å². The van der Waals surface area contributed by atoms with E-state index in [4.69, 9.17) is 21.9 Å². The Hall–Kier alpha value is -2.24. The average molecular weight is 380 g/mol. The lowest BCUT2D eigenvalue weighted by molar-refractivity contribution is -0.0661. The van der Waals surface area contributed by atoms with Gasteiger partial charge in [0.1, 0.15) is 11.4 Å². The molecule has 1 atom stereocenters. The fourth-order valence-corrected chi connectivity index (χ4v) is 4.59. The maximum Gasteiger partial charge on any atom is 0.202 e. The van der Waals surface area contributed by atoms with E-state index in [1.54, 1.807) is 0 Å². The third-order valence-electron chi connectivity index (χ3n) is 5.39. The number of thiocarbonyl (C=S) groups is 1. The first-order valence-corrected chi connectivity index (χ1v) is 9.77. The van der Waals surface area contributed by atoms with E-state index in [9.17, 15) is 0 Å². The predicted octanol–water partition coefficient (Wildman–Crippen LogP) is 4.94. The van der Waals surface area contributed by atoms with E-state index in [1.165, 1.54) is 5.56 Å². The van der Waals surface area contributed by atoms with Gasteiger partial charge in [0.25, 0.3) is 0 Å². The van der Waals surface area contributed by atoms with Gasteiger partial charge in [0, 0.05) is 30.8 Å². The molecule has 2 aliphatic heterocycles. The first-order chi connectivity index (χ1) is 12.9. The smallest absolute Gasteiger partial charge is 0.202 e. The molecule has 1 N–H and O–H groups in total. The number of aryl methyl sites for hydroxylation is 1. The molecule has 2 aromatic carbocycles. The second-order valence-corrected chi connectivity index (χ2v) is 8.29. The SMILES string of the molecule is Cc1ccccc1N1C(=S)N=C(Nc2ccccc2)[C@]12CCOC(C)(C)C2. The molecule has 0 amide bonds. The lowest BCUT2D eigenvalue weighted by Gasteiger charge is -2.48. The van der Waals surface area contributed by atoms with Crippen molar-refractivity contribution in [3.8, 4) is 0 Å². The Morgan fingerprint density at radius 3 is 2.48 bits per heavy atom. The van der Waals surface area contributed by atoms with Crippen molar-refractivity contribution in [1.82, 2.24) is 0 Å². The molecule has 4 nitrogen and oxygen atoms in total. The van der Waals surface area contributed by atoms with Crippen LogP contribution < -0.4 is 10.2 Å². The number of benzene rings is 2. The summed E-state index contributed by atoms with van der Waals surface area (Å²) < 4.78 is 6.05. The van der Waals surface area contributed by atoms with Crippen LogP contribution in [0.3, 0.4) is 0 Å². The molecule has 1 spiro atoms. The number of anilines is 2. The lowest BCUT2D eigenvalue weighted by Crippen LogP contribution is -2.61. The predicted molar refractivity (Wildman–Crippen MR) is 116 cm³/mol. The third-order valence-corrected chi connectivity index (χ3v) is 5.66. The van der Waals surface area contributed by atoms with Crippen LogP contribution >= 0.6 is 12.2 Å². The van der Waals surface area contributed by atoms with Crippen molar-refractivity contribution in [3.63, 3.8) is 0 Å². The fourth-order valence-electron chi connectivity index (χ4n) is 4.22. The zero-order valence-corrected chi connectivity index (χ0v) is 16.8. The number of aliphatic imine (C=N–C) groups is 1. The molecule has 0 bridgehead atoms. The molecular weight excluding hydrogens is 354 g/mol. The van der Waals surface area contributed by atoms with E-state index in [-0.39, 0.29) is 11.1 Å². The number of amidine groups is 1. The van der Waals surface area contributed by atoms with Gasteiger partial charge in [-0.05, 0) is 56.8 Å². The van der Waals surface area contributed by atoms with Crippen LogP contribution in [-0.2, 0) is 4.74 Å². The Labute approximate surface area is 166 Å². The lowest BCUT2D eigenvalue weighted by atomic mass is 9.79. The quantitative estimate of drug-likeness (QED) is 0.750. The minimum atomic E-state index is -0.333. The Balaban J connectivity index is 1.81. The summed E-state index contributed by atoms with van der Waals surface area (Å²) in [6.07, 6.45) is 1.65. The minimum absolute atomic E-state index is 0.252. The molecular formula is C22H25N3OS. The number of para-hydroxylation sites is 2. The van der Waals surface area contributed by atoms with Crippen molar-refractivity contribution in [1.29, 1.82) is 0 Å². The standard InChI is InChI=1S/C22H25N3OS/c1-16-9-7-8-12-18(16)25-20(27)24-19(23-17-10-5-4-6-11-17)22(25)13-14-26-21(2,3)15-22/h4-12H,13-15H2,1-3H3,(H,23,24,27)/t22-/m1/s1. The van der Waals surface area contributed by atoms with Crippen molar-refractivity contribution in [2.45, 2.75) is 44.8 Å². The van der Waals surface area contributed by atoms with Gasteiger partial charge in [-0.3, -0.25) is 0 Å². The van der Waals surface area contributed by atoms with E-state index in [1.807, 2.05) is 18.2 Å². The summed E-state index contributed by atoms with van der Waals surface area (Å²) in [7, 11) is 0. The van der Waals surface area contributed by atoms with Gasteiger partial charge < -0.3 is 15.0 Å². The van der Waals surface area contributed by atoms with Gasteiger partial charge in [-0.25, -0.2) is 4.99 Å². The van der Waals surface area contributed by atoms with Gasteiger partial charge in [0.2, 0.25) is 5.11 Å². The van der Waals surface area contributed by atoms with Crippen LogP contribution in [-0.4, -0.2) is 28.7 Å². The van der Waals surface area contributed by atoms with Crippen LogP contribution in [0.5, 0.6) is 0 Å². The van der Waals surface area contributed by atoms with Gasteiger partial charge in [0.05, 0.1) is 5.60 Å². The zero-order chi connectivity index (χ0) is 19.1. The third kappa shape index (κ3) is 3.26. The summed E-state index contributed by atoms with van der Waals surface area (Å²) in [4.78, 5) is 7.08. The summed E-state index contributed by atoms with van der Waals surface area (Å²) in [6.45, 7) is 7.09. The Kier molecular flexibility index (Phi) is 4.52. The number of rotatable bonds is 2. The number of hydrogen-bond donors (Lipinski definition) is 1. The molecule has 0 radical (unpaired) electrons. The number of nitrogens with zero attached hydrogens (tertiary/aromatic N) is 2. The Morgan fingerprint density at radius 1 is 1.07 bits per heavy atom. The highest BCUT2D eigenvalue weighted by molar-refractivity contribution is 7.80. The van der Waals surface area contributed by atoms with E-state index >= 15 is 0 Å². The van der Waals surface area contributed by atoms with Gasteiger partial charge in [-0.2, -0.15) is 0 Å². The van der Waals surface area contributed by atoms with Crippen molar-refractivity contribution in [2.75, 3.05) is 16.8 Å². The maximum atomic E-state index is 6.05. The average Bonchev–Trinajstić information content (AvgIpc) is 2.86. The van der Waals surface area contributed by atoms with Crippen LogP contribution in [0.4, 0.5) is 11.4 Å². The molecule has 27 heavy (non-hydrogen) atoms. The van der Waals surface area contributed by atoms with Crippen molar-refractivity contribution in [2.24, 2.45) is 4.99 Å². The zero-order valence-electron chi connectivity index (χ0n) is 16.0. The number of nitrogens with one attached hydrogen (secondary N) is 1. The summed E-state index contributed by atoms with van der Waals surface area (Å²) in [5, 5.41) is 4.17. The Morgan fingerprint density at radius 2 is 1.78 bits per heavy atom. The highest BCUT2D eigenvalue weighted by Crippen LogP contribution is 2.44. The largest absolute Gasteiger partial charge is 0.375 e. The first-order valence-electron chi connectivity index (χ1n) is 9.36. The molecule has 2 heterocycles. The molecule has 0 saturated carbocycles. The van der Waals surface area contributed by atoms with E-state index in [0.29, 0.717) is 11.7 Å². The van der Waals surface area contributed by atoms with Crippen LogP contribution in [0.2, 0.25) is 0 Å². The molecule has 0 aliphatic carbocycles. The first kappa shape index (κ1) is 18.1. The van der Waals surface area contributed by atoms with Crippen molar-refractivity contribution in [3.05, 3.63) is 60.2 Å². The molecule has 0 unspecified atom stereocenters. The highest BCUT2D eigenvalue weighted by atomic mass is 32.1. The molecule has 2 aliphatic rings. The second-order valence-electron chi connectivity index (χ2n) is 7.92. The fraction of sp³-hybridized carbons (Fsp3) is 0.364. The van der Waals surface area contributed by atoms with Crippen LogP contribution in [0.15, 0.2) is 59.6 Å². The minimum Gasteiger partial charge on any atom is -0.375 e. The number of hydrogen-bond acceptors (Lipinski definition) is 3. The summed E-state index contributed by atoms with van der Waals surface area (Å²) in [5.41, 5.74) is 2.75. The molecule has 5 heteroatoms. The molecule has 1 saturated heterocycles. The summed E-state index contributed by atoms with van der Waals surface area (Å²) in [6, 6.07) is 18.5. The molecule has 2 aromatic rings. The van der Waals surface area contributed by atoms with E-state index in [2.05, 4.69) is 67.4 Å². The van der Waals surface area contributed by atoms with Crippen LogP contribution in [0.1, 0.15) is 32.3 Å². The normalized spacial score (nSPS) is 24.2. The monoisotopic (exact) mass is 379 g/mol. The van der Waals surface area contributed by atoms with Crippen LogP contribution in [0, 0.1) is 6.92 Å². The highest BCUT2D eigenvalue weighted by Gasteiger charge is 2.54. The van der Waals surface area contributed by atoms with E-state index in [0.717, 1.165) is 30.1 Å². The van der Waals surface area contributed by atoms with Crippen molar-refractivity contribution >= 4 is 34.5 Å². The Bertz CT molecular complexity index is 893. The van der Waals surface area contributed by atoms with Gasteiger partial charge in [-0.15, -0.1) is 0 Å². The molecule has 140 valence electrons. The van der Waals surface area contributed by atoms with Gasteiger partial charge >= 0.3 is 0 Å². The number of ether oxygens (including phenoxy) is 1. The van der Waals surface area contributed by atoms with Gasteiger partial charge in [-0.1, -0.05) is 36.4 Å². The molecule has 1 fully saturated rings. The van der Waals surface area contributed by atoms with E-state index < -0.39 is 0 Å². The second kappa shape index (κ2) is 6.73. The molecule has 0 aromatic heterocycles. The van der Waals surface area contributed by atoms with Crippen LogP contribution in [0.25, 0.3) is 0 Å².